The number of phenols is 1. The Morgan fingerprint density at radius 3 is 2.77 bits per heavy atom. The number of ether oxygens (including phenoxy) is 1. The Hall–Kier alpha value is -1.44. The van der Waals surface area contributed by atoms with Crippen molar-refractivity contribution in [1.29, 1.82) is 0 Å². The third-order valence-electron chi connectivity index (χ3n) is 5.10. The SMILES string of the molecule is CCCCCc1cc(O)c2c(c1)OC(C)(C)C1=CC(C)C[C@H]12. The predicted octanol–water partition coefficient (Wildman–Crippen LogP) is 5.35. The number of rotatable bonds is 4. The number of fused-ring (bicyclic) bond motifs is 3. The number of aromatic hydroxyl groups is 1. The molecule has 0 amide bonds. The zero-order valence-electron chi connectivity index (χ0n) is 14.3. The van der Waals surface area contributed by atoms with Crippen LogP contribution in [0, 0.1) is 5.92 Å². The molecule has 22 heavy (non-hydrogen) atoms. The van der Waals surface area contributed by atoms with Crippen LogP contribution in [0.2, 0.25) is 0 Å². The zero-order valence-corrected chi connectivity index (χ0v) is 14.3. The van der Waals surface area contributed by atoms with E-state index in [0.717, 1.165) is 24.2 Å². The molecule has 0 saturated carbocycles. The third-order valence-corrected chi connectivity index (χ3v) is 5.10. The fourth-order valence-corrected chi connectivity index (χ4v) is 4.04. The van der Waals surface area contributed by atoms with Gasteiger partial charge in [0.1, 0.15) is 17.1 Å². The molecule has 0 radical (unpaired) electrons. The van der Waals surface area contributed by atoms with Gasteiger partial charge in [0, 0.05) is 11.5 Å². The molecule has 0 saturated heterocycles. The van der Waals surface area contributed by atoms with Crippen LogP contribution in [0.25, 0.3) is 0 Å². The van der Waals surface area contributed by atoms with E-state index < -0.39 is 0 Å². The van der Waals surface area contributed by atoms with Crippen LogP contribution in [0.15, 0.2) is 23.8 Å². The first kappa shape index (κ1) is 15.5. The lowest BCUT2D eigenvalue weighted by molar-refractivity contribution is 0.126. The number of benzene rings is 1. The highest BCUT2D eigenvalue weighted by atomic mass is 16.5. The standard InChI is InChI=1S/C20H28O2/c1-5-6-7-8-14-11-17(21)19-15-9-13(2)10-16(15)20(3,4)22-18(19)12-14/h10-13,15,21H,5-9H2,1-4H3/t13?,15-/m1/s1. The molecule has 2 heteroatoms. The van der Waals surface area contributed by atoms with E-state index in [4.69, 9.17) is 4.74 Å². The summed E-state index contributed by atoms with van der Waals surface area (Å²) in [6.45, 7) is 8.75. The van der Waals surface area contributed by atoms with Crippen molar-refractivity contribution >= 4 is 0 Å². The van der Waals surface area contributed by atoms with Crippen molar-refractivity contribution in [3.63, 3.8) is 0 Å². The zero-order chi connectivity index (χ0) is 15.9. The van der Waals surface area contributed by atoms with Crippen LogP contribution in [-0.2, 0) is 6.42 Å². The van der Waals surface area contributed by atoms with Crippen molar-refractivity contribution in [2.24, 2.45) is 5.92 Å². The maximum atomic E-state index is 10.6. The molecule has 1 unspecified atom stereocenters. The monoisotopic (exact) mass is 300 g/mol. The normalized spacial score (nSPS) is 25.2. The van der Waals surface area contributed by atoms with Gasteiger partial charge in [-0.3, -0.25) is 0 Å². The lowest BCUT2D eigenvalue weighted by Gasteiger charge is -2.39. The summed E-state index contributed by atoms with van der Waals surface area (Å²) in [5.74, 6) is 2.19. The van der Waals surface area contributed by atoms with Crippen LogP contribution in [0.1, 0.15) is 70.4 Å². The minimum absolute atomic E-state index is 0.267. The number of aryl methyl sites for hydroxylation is 1. The van der Waals surface area contributed by atoms with Gasteiger partial charge < -0.3 is 9.84 Å². The van der Waals surface area contributed by atoms with Gasteiger partial charge in [0.05, 0.1) is 0 Å². The minimum Gasteiger partial charge on any atom is -0.507 e. The topological polar surface area (TPSA) is 29.5 Å². The van der Waals surface area contributed by atoms with Crippen LogP contribution >= 0.6 is 0 Å². The smallest absolute Gasteiger partial charge is 0.128 e. The Balaban J connectivity index is 1.96. The molecule has 2 aliphatic rings. The van der Waals surface area contributed by atoms with Gasteiger partial charge in [-0.25, -0.2) is 0 Å². The van der Waals surface area contributed by atoms with Crippen LogP contribution < -0.4 is 4.74 Å². The molecule has 120 valence electrons. The molecule has 0 fully saturated rings. The van der Waals surface area contributed by atoms with E-state index in [0.29, 0.717) is 17.6 Å². The molecule has 0 aromatic heterocycles. The summed E-state index contributed by atoms with van der Waals surface area (Å²) in [6, 6.07) is 4.11. The molecule has 0 spiro atoms. The lowest BCUT2D eigenvalue weighted by atomic mass is 9.80. The third kappa shape index (κ3) is 2.64. The first-order valence-corrected chi connectivity index (χ1v) is 8.69. The molecule has 1 aromatic rings. The molecule has 1 N–H and O–H groups in total. The molecular weight excluding hydrogens is 272 g/mol. The molecule has 3 rings (SSSR count). The second-order valence-electron chi connectivity index (χ2n) is 7.48. The van der Waals surface area contributed by atoms with Gasteiger partial charge >= 0.3 is 0 Å². The van der Waals surface area contributed by atoms with Gasteiger partial charge in [-0.1, -0.05) is 32.8 Å². The second-order valence-corrected chi connectivity index (χ2v) is 7.48. The van der Waals surface area contributed by atoms with E-state index in [2.05, 4.69) is 39.8 Å². The Kier molecular flexibility index (Phi) is 3.96. The van der Waals surface area contributed by atoms with Crippen LogP contribution in [0.5, 0.6) is 11.5 Å². The Morgan fingerprint density at radius 1 is 1.27 bits per heavy atom. The van der Waals surface area contributed by atoms with Crippen molar-refractivity contribution in [3.8, 4) is 11.5 Å². The first-order valence-electron chi connectivity index (χ1n) is 8.69. The van der Waals surface area contributed by atoms with E-state index in [1.807, 2.05) is 6.07 Å². The predicted molar refractivity (Wildman–Crippen MR) is 90.6 cm³/mol. The molecule has 1 aromatic carbocycles. The second kappa shape index (κ2) is 5.64. The number of allylic oxidation sites excluding steroid dienone is 1. The summed E-state index contributed by atoms with van der Waals surface area (Å²) in [5, 5.41) is 10.6. The Morgan fingerprint density at radius 2 is 2.05 bits per heavy atom. The quantitative estimate of drug-likeness (QED) is 0.600. The Labute approximate surface area is 134 Å². The van der Waals surface area contributed by atoms with E-state index in [1.165, 1.54) is 30.4 Å². The maximum absolute atomic E-state index is 10.6. The number of hydrogen-bond donors (Lipinski definition) is 1. The van der Waals surface area contributed by atoms with E-state index in [-0.39, 0.29) is 5.60 Å². The van der Waals surface area contributed by atoms with Crippen LogP contribution in [-0.4, -0.2) is 10.7 Å². The van der Waals surface area contributed by atoms with Gasteiger partial charge in [-0.05, 0) is 62.3 Å². The van der Waals surface area contributed by atoms with Crippen LogP contribution in [0.4, 0.5) is 0 Å². The molecular formula is C20H28O2. The van der Waals surface area contributed by atoms with Gasteiger partial charge in [0.25, 0.3) is 0 Å². The molecule has 1 aliphatic heterocycles. The fraction of sp³-hybridized carbons (Fsp3) is 0.600. The molecule has 1 heterocycles. The van der Waals surface area contributed by atoms with Crippen molar-refractivity contribution < 1.29 is 9.84 Å². The highest BCUT2D eigenvalue weighted by Crippen LogP contribution is 2.54. The van der Waals surface area contributed by atoms with E-state index in [1.54, 1.807) is 0 Å². The summed E-state index contributed by atoms with van der Waals surface area (Å²) in [7, 11) is 0. The highest BCUT2D eigenvalue weighted by Gasteiger charge is 2.43. The summed E-state index contributed by atoms with van der Waals surface area (Å²) in [6.07, 6.45) is 8.05. The van der Waals surface area contributed by atoms with Crippen molar-refractivity contribution in [3.05, 3.63) is 34.9 Å². The lowest BCUT2D eigenvalue weighted by Crippen LogP contribution is -2.36. The average Bonchev–Trinajstić information content (AvgIpc) is 2.80. The van der Waals surface area contributed by atoms with Crippen molar-refractivity contribution in [2.45, 2.75) is 71.3 Å². The largest absolute Gasteiger partial charge is 0.507 e. The average molecular weight is 300 g/mol. The first-order chi connectivity index (χ1) is 10.4. The summed E-state index contributed by atoms with van der Waals surface area (Å²) >= 11 is 0. The van der Waals surface area contributed by atoms with E-state index >= 15 is 0 Å². The minimum atomic E-state index is -0.267. The maximum Gasteiger partial charge on any atom is 0.128 e. The van der Waals surface area contributed by atoms with Crippen LogP contribution in [0.3, 0.4) is 0 Å². The summed E-state index contributed by atoms with van der Waals surface area (Å²) in [5.41, 5.74) is 3.27. The van der Waals surface area contributed by atoms with E-state index in [9.17, 15) is 5.11 Å². The number of unbranched alkanes of at least 4 members (excludes halogenated alkanes) is 2. The molecule has 1 aliphatic carbocycles. The van der Waals surface area contributed by atoms with Gasteiger partial charge in [0.15, 0.2) is 0 Å². The fourth-order valence-electron chi connectivity index (χ4n) is 4.04. The Bertz CT molecular complexity index is 598. The molecule has 0 bridgehead atoms. The summed E-state index contributed by atoms with van der Waals surface area (Å²) < 4.78 is 6.28. The van der Waals surface area contributed by atoms with Gasteiger partial charge in [-0.15, -0.1) is 0 Å². The summed E-state index contributed by atoms with van der Waals surface area (Å²) in [4.78, 5) is 0. The van der Waals surface area contributed by atoms with Crippen molar-refractivity contribution in [2.75, 3.05) is 0 Å². The van der Waals surface area contributed by atoms with Gasteiger partial charge in [0.2, 0.25) is 0 Å². The van der Waals surface area contributed by atoms with Gasteiger partial charge in [-0.2, -0.15) is 0 Å². The molecule has 2 atom stereocenters. The highest BCUT2D eigenvalue weighted by molar-refractivity contribution is 5.57. The number of phenolic OH excluding ortho intramolecular Hbond substituents is 1. The number of hydrogen-bond acceptors (Lipinski definition) is 2. The molecule has 2 nitrogen and oxygen atoms in total. The van der Waals surface area contributed by atoms with Crippen molar-refractivity contribution in [1.82, 2.24) is 0 Å².